The van der Waals surface area contributed by atoms with Crippen LogP contribution in [0.4, 0.5) is 0 Å². The van der Waals surface area contributed by atoms with E-state index in [1.165, 1.54) is 0 Å². The van der Waals surface area contributed by atoms with Crippen LogP contribution in [0.25, 0.3) is 0 Å². The number of hydrogen-bond donors (Lipinski definition) is 0. The molecule has 0 unspecified atom stereocenters. The van der Waals surface area contributed by atoms with Gasteiger partial charge in [0.2, 0.25) is 0 Å². The Morgan fingerprint density at radius 1 is 1.33 bits per heavy atom. The van der Waals surface area contributed by atoms with Crippen LogP contribution in [-0.4, -0.2) is 24.0 Å². The second-order valence-corrected chi connectivity index (χ2v) is 3.26. The predicted octanol–water partition coefficient (Wildman–Crippen LogP) is 1.88. The third-order valence-corrected chi connectivity index (χ3v) is 1.75. The summed E-state index contributed by atoms with van der Waals surface area (Å²) < 4.78 is 0. The van der Waals surface area contributed by atoms with E-state index in [0.29, 0.717) is 5.88 Å². The Morgan fingerprint density at radius 2 is 2.00 bits per heavy atom. The summed E-state index contributed by atoms with van der Waals surface area (Å²) in [7, 11) is 4.05. The minimum atomic E-state index is 0.487. The number of halogens is 1. The van der Waals surface area contributed by atoms with Gasteiger partial charge in [0, 0.05) is 6.54 Å². The minimum Gasteiger partial charge on any atom is -0.304 e. The highest BCUT2D eigenvalue weighted by Gasteiger charge is 1.97. The van der Waals surface area contributed by atoms with E-state index in [2.05, 4.69) is 9.88 Å². The Kier molecular flexibility index (Phi) is 3.50. The summed E-state index contributed by atoms with van der Waals surface area (Å²) in [5.74, 6) is 0.487. The molecular weight excluding hydrogens is 172 g/mol. The van der Waals surface area contributed by atoms with E-state index in [0.717, 1.165) is 17.9 Å². The molecule has 1 aromatic heterocycles. The fourth-order valence-corrected chi connectivity index (χ4v) is 1.16. The smallest absolute Gasteiger partial charge is 0.0647 e. The molecule has 0 spiro atoms. The molecule has 1 aromatic rings. The molecule has 0 radical (unpaired) electrons. The van der Waals surface area contributed by atoms with Crippen LogP contribution in [0.5, 0.6) is 0 Å². The van der Waals surface area contributed by atoms with E-state index in [9.17, 15) is 0 Å². The van der Waals surface area contributed by atoms with Crippen LogP contribution in [-0.2, 0) is 12.4 Å². The van der Waals surface area contributed by atoms with Crippen molar-refractivity contribution in [1.82, 2.24) is 9.88 Å². The van der Waals surface area contributed by atoms with Gasteiger partial charge in [-0.2, -0.15) is 0 Å². The first-order valence-electron chi connectivity index (χ1n) is 3.88. The van der Waals surface area contributed by atoms with E-state index < -0.39 is 0 Å². The molecule has 0 aliphatic rings. The van der Waals surface area contributed by atoms with Gasteiger partial charge in [-0.15, -0.1) is 11.6 Å². The number of pyridine rings is 1. The van der Waals surface area contributed by atoms with Crippen LogP contribution in [0.15, 0.2) is 18.2 Å². The highest BCUT2D eigenvalue weighted by molar-refractivity contribution is 6.16. The van der Waals surface area contributed by atoms with Gasteiger partial charge >= 0.3 is 0 Å². The summed E-state index contributed by atoms with van der Waals surface area (Å²) in [4.78, 5) is 6.44. The molecule has 0 aliphatic carbocycles. The molecule has 1 heterocycles. The number of nitrogens with zero attached hydrogens (tertiary/aromatic N) is 2. The maximum absolute atomic E-state index is 5.66. The van der Waals surface area contributed by atoms with Gasteiger partial charge in [-0.3, -0.25) is 4.98 Å². The summed E-state index contributed by atoms with van der Waals surface area (Å²) in [6.45, 7) is 0.866. The van der Waals surface area contributed by atoms with E-state index in [-0.39, 0.29) is 0 Å². The van der Waals surface area contributed by atoms with Gasteiger partial charge in [-0.05, 0) is 26.2 Å². The highest BCUT2D eigenvalue weighted by Crippen LogP contribution is 2.03. The standard InChI is InChI=1S/C9H13ClN2/c1-12(2)7-9-5-3-4-8(6-10)11-9/h3-5H,6-7H2,1-2H3. The van der Waals surface area contributed by atoms with Crippen molar-refractivity contribution in [2.24, 2.45) is 0 Å². The lowest BCUT2D eigenvalue weighted by Crippen LogP contribution is -2.12. The van der Waals surface area contributed by atoms with E-state index in [1.807, 2.05) is 32.3 Å². The lowest BCUT2D eigenvalue weighted by atomic mass is 10.3. The first kappa shape index (κ1) is 9.49. The summed E-state index contributed by atoms with van der Waals surface area (Å²) in [6, 6.07) is 5.94. The van der Waals surface area contributed by atoms with Crippen molar-refractivity contribution in [3.8, 4) is 0 Å². The Bertz CT molecular complexity index is 248. The molecule has 0 aliphatic heterocycles. The largest absolute Gasteiger partial charge is 0.304 e. The third kappa shape index (κ3) is 2.80. The van der Waals surface area contributed by atoms with Gasteiger partial charge in [-0.1, -0.05) is 6.07 Å². The maximum atomic E-state index is 5.66. The summed E-state index contributed by atoms with van der Waals surface area (Å²) in [6.07, 6.45) is 0. The molecule has 66 valence electrons. The van der Waals surface area contributed by atoms with E-state index in [1.54, 1.807) is 0 Å². The summed E-state index contributed by atoms with van der Waals surface area (Å²) in [5.41, 5.74) is 2.01. The van der Waals surface area contributed by atoms with Crippen LogP contribution in [0, 0.1) is 0 Å². The van der Waals surface area contributed by atoms with E-state index in [4.69, 9.17) is 11.6 Å². The molecule has 2 nitrogen and oxygen atoms in total. The van der Waals surface area contributed by atoms with Gasteiger partial charge < -0.3 is 4.90 Å². The molecule has 0 N–H and O–H groups in total. The molecule has 0 saturated carbocycles. The van der Waals surface area contributed by atoms with Crippen LogP contribution >= 0.6 is 11.6 Å². The van der Waals surface area contributed by atoms with Crippen LogP contribution < -0.4 is 0 Å². The molecule has 0 bridgehead atoms. The fraction of sp³-hybridized carbons (Fsp3) is 0.444. The summed E-state index contributed by atoms with van der Waals surface area (Å²) in [5, 5.41) is 0. The van der Waals surface area contributed by atoms with Crippen molar-refractivity contribution in [3.63, 3.8) is 0 Å². The zero-order chi connectivity index (χ0) is 8.97. The van der Waals surface area contributed by atoms with Gasteiger partial charge in [0.05, 0.1) is 17.3 Å². The van der Waals surface area contributed by atoms with Crippen molar-refractivity contribution in [3.05, 3.63) is 29.6 Å². The second kappa shape index (κ2) is 4.43. The molecule has 1 rings (SSSR count). The summed E-state index contributed by atoms with van der Waals surface area (Å²) >= 11 is 5.66. The van der Waals surface area contributed by atoms with Crippen molar-refractivity contribution in [2.75, 3.05) is 14.1 Å². The number of alkyl halides is 1. The molecule has 0 saturated heterocycles. The number of aromatic nitrogens is 1. The predicted molar refractivity (Wildman–Crippen MR) is 51.2 cm³/mol. The normalized spacial score (nSPS) is 10.7. The monoisotopic (exact) mass is 184 g/mol. The highest BCUT2D eigenvalue weighted by atomic mass is 35.5. The van der Waals surface area contributed by atoms with E-state index >= 15 is 0 Å². The molecule has 0 aromatic carbocycles. The Morgan fingerprint density at radius 3 is 2.58 bits per heavy atom. The van der Waals surface area contributed by atoms with Gasteiger partial charge in [0.25, 0.3) is 0 Å². The van der Waals surface area contributed by atoms with Crippen molar-refractivity contribution in [1.29, 1.82) is 0 Å². The molecule has 3 heteroatoms. The topological polar surface area (TPSA) is 16.1 Å². The molecule has 0 amide bonds. The maximum Gasteiger partial charge on any atom is 0.0647 e. The Hall–Kier alpha value is -0.600. The SMILES string of the molecule is CN(C)Cc1cccc(CCl)n1. The second-order valence-electron chi connectivity index (χ2n) is 2.99. The fourth-order valence-electron chi connectivity index (χ4n) is 1.02. The molecular formula is C9H13ClN2. The first-order valence-corrected chi connectivity index (χ1v) is 4.41. The molecule has 0 fully saturated rings. The van der Waals surface area contributed by atoms with Crippen LogP contribution in [0.2, 0.25) is 0 Å². The quantitative estimate of drug-likeness (QED) is 0.667. The number of rotatable bonds is 3. The number of hydrogen-bond acceptors (Lipinski definition) is 2. The minimum absolute atomic E-state index is 0.487. The van der Waals surface area contributed by atoms with Crippen molar-refractivity contribution in [2.45, 2.75) is 12.4 Å². The average molecular weight is 185 g/mol. The van der Waals surface area contributed by atoms with Crippen molar-refractivity contribution >= 4 is 11.6 Å². The zero-order valence-corrected chi connectivity index (χ0v) is 8.17. The van der Waals surface area contributed by atoms with Crippen LogP contribution in [0.3, 0.4) is 0 Å². The van der Waals surface area contributed by atoms with Gasteiger partial charge in [0.15, 0.2) is 0 Å². The van der Waals surface area contributed by atoms with Gasteiger partial charge in [0.1, 0.15) is 0 Å². The Balaban J connectivity index is 2.72. The lowest BCUT2D eigenvalue weighted by Gasteiger charge is -2.08. The van der Waals surface area contributed by atoms with Gasteiger partial charge in [-0.25, -0.2) is 0 Å². The average Bonchev–Trinajstić information content (AvgIpc) is 2.03. The zero-order valence-electron chi connectivity index (χ0n) is 7.42. The lowest BCUT2D eigenvalue weighted by molar-refractivity contribution is 0.396. The Labute approximate surface area is 78.2 Å². The first-order chi connectivity index (χ1) is 5.72. The van der Waals surface area contributed by atoms with Crippen LogP contribution in [0.1, 0.15) is 11.4 Å². The molecule has 0 atom stereocenters. The molecule has 12 heavy (non-hydrogen) atoms. The van der Waals surface area contributed by atoms with Crippen molar-refractivity contribution < 1.29 is 0 Å². The third-order valence-electron chi connectivity index (χ3n) is 1.48.